The first-order chi connectivity index (χ1) is 2.94. The predicted octanol–water partition coefficient (Wildman–Crippen LogP) is -0.837. The smallest absolute Gasteiger partial charge is 0.343 e. The van der Waals surface area contributed by atoms with Crippen molar-refractivity contribution in [1.29, 1.82) is 2.57 Å². The van der Waals surface area contributed by atoms with E-state index in [0.717, 1.165) is 0 Å². The fourth-order valence-corrected chi connectivity index (χ4v) is 0. The Morgan fingerprint density at radius 1 is 2.40 bits per heavy atom. The molecule has 0 aliphatic carbocycles. The van der Waals surface area contributed by atoms with Gasteiger partial charge in [-0.1, -0.05) is 0 Å². The molecule has 0 aromatic heterocycles. The molecule has 0 saturated heterocycles. The lowest BCUT2D eigenvalue weighted by atomic mass is 10.6. The molecule has 0 spiro atoms. The van der Waals surface area contributed by atoms with Crippen LogP contribution in [0.2, 0.25) is 0 Å². The van der Waals surface area contributed by atoms with E-state index in [1.54, 1.807) is 0 Å². The van der Waals surface area contributed by atoms with E-state index in [-0.39, 0.29) is 0 Å². The van der Waals surface area contributed by atoms with E-state index in [4.69, 9.17) is 2.57 Å². The van der Waals surface area contributed by atoms with Gasteiger partial charge in [0.25, 0.3) is 0 Å². The summed E-state index contributed by atoms with van der Waals surface area (Å²) in [6.07, 6.45) is 0. The number of hydrogen-bond acceptors (Lipinski definition) is 0. The Balaban J connectivity index is 3.54. The normalized spacial score (nSPS) is 26.0. The zero-order valence-corrected chi connectivity index (χ0v) is 3.41. The summed E-state index contributed by atoms with van der Waals surface area (Å²) in [5, 5.41) is 0. The predicted molar refractivity (Wildman–Crippen MR) is 22.3 cm³/mol. The Kier molecular flexibility index (Phi) is 1.17. The minimum Gasteiger partial charge on any atom is -0.343 e. The summed E-state index contributed by atoms with van der Waals surface area (Å²) in [6, 6.07) is 0. The van der Waals surface area contributed by atoms with Crippen LogP contribution < -0.4 is 0 Å². The van der Waals surface area contributed by atoms with Crippen molar-refractivity contribution in [2.75, 3.05) is 0 Å². The van der Waals surface area contributed by atoms with Crippen LogP contribution in [0.15, 0.2) is 0 Å². The van der Waals surface area contributed by atoms with Crippen LogP contribution in [0.3, 0.4) is 0 Å². The summed E-state index contributed by atoms with van der Waals surface area (Å²) in [4.78, 5) is 0. The summed E-state index contributed by atoms with van der Waals surface area (Å²) in [6.45, 7) is 0. The van der Waals surface area contributed by atoms with Crippen molar-refractivity contribution in [1.82, 2.24) is 0 Å². The summed E-state index contributed by atoms with van der Waals surface area (Å²) in [7, 11) is -2.76. The van der Waals surface area contributed by atoms with Crippen LogP contribution in [-0.2, 0) is 0 Å². The van der Waals surface area contributed by atoms with Crippen LogP contribution in [0.5, 0.6) is 0 Å². The molecule has 0 aromatic carbocycles. The second kappa shape index (κ2) is 2.44. The van der Waals surface area contributed by atoms with Gasteiger partial charge in [-0.25, -0.2) is 0 Å². The molecule has 0 bridgehead atoms. The fraction of sp³-hybridized carbons (Fsp3) is 0. The zero-order valence-electron chi connectivity index (χ0n) is 4.41. The molecule has 0 aromatic rings. The lowest BCUT2D eigenvalue weighted by Gasteiger charge is -1.76. The molecule has 2 radical (unpaired) electrons. The molecule has 0 aliphatic rings. The maximum atomic E-state index is 11.5. The van der Waals surface area contributed by atoms with Crippen molar-refractivity contribution >= 4 is 23.4 Å². The van der Waals surface area contributed by atoms with E-state index in [0.29, 0.717) is 0 Å². The lowest BCUT2D eigenvalue weighted by Crippen LogP contribution is -2.11. The van der Waals surface area contributed by atoms with E-state index in [1.165, 1.54) is 0 Å². The molecular weight excluding hydrogens is 87.7 g/mol. The van der Waals surface area contributed by atoms with E-state index in [2.05, 4.69) is 7.44 Å². The van der Waals surface area contributed by atoms with Crippen molar-refractivity contribution in [2.24, 2.45) is 0 Å². The SMILES string of the molecule is [2H]B(F)[Si]([2H])([B])F. The third kappa shape index (κ3) is 4.21. The van der Waals surface area contributed by atoms with Crippen molar-refractivity contribution in [3.8, 4) is 0 Å². The Labute approximate surface area is 35.5 Å². The minimum atomic E-state index is -4.48. The Bertz CT molecular complexity index is 59.2. The standard InChI is InChI=1S/B2F2H2Si/c1-5(4)2-3/h2,5H/i2D,5D. The molecule has 0 heterocycles. The van der Waals surface area contributed by atoms with Gasteiger partial charge in [0.1, 0.15) is 0 Å². The zero-order chi connectivity index (χ0) is 6.08. The van der Waals surface area contributed by atoms with Gasteiger partial charge >= 0.3 is 7.11 Å². The molecule has 0 saturated carbocycles. The van der Waals surface area contributed by atoms with Gasteiger partial charge in [0.05, 0.1) is 7.44 Å². The first-order valence-electron chi connectivity index (χ1n) is 2.06. The summed E-state index contributed by atoms with van der Waals surface area (Å²) >= 11 is 0. The highest BCUT2D eigenvalue weighted by Gasteiger charge is 1.98. The van der Waals surface area contributed by atoms with Crippen molar-refractivity contribution in [2.45, 2.75) is 0 Å². The second-order valence-electron chi connectivity index (χ2n) is 0.494. The van der Waals surface area contributed by atoms with E-state index < -0.39 is 15.9 Å². The summed E-state index contributed by atoms with van der Waals surface area (Å²) in [5.41, 5.74) is 0. The number of rotatable bonds is 1. The van der Waals surface area contributed by atoms with Crippen LogP contribution in [0, 0.1) is 0 Å². The lowest BCUT2D eigenvalue weighted by molar-refractivity contribution is 0.845. The van der Waals surface area contributed by atoms with Crippen LogP contribution in [0.4, 0.5) is 8.42 Å². The Morgan fingerprint density at radius 2 is 2.60 bits per heavy atom. The largest absolute Gasteiger partial charge is 0.343 e. The van der Waals surface area contributed by atoms with Crippen molar-refractivity contribution < 1.29 is 8.42 Å². The third-order valence-electron chi connectivity index (χ3n) is 0.104. The molecule has 0 nitrogen and oxygen atoms in total. The summed E-state index contributed by atoms with van der Waals surface area (Å²) in [5.74, 6) is 0. The monoisotopic (exact) mass is 92.0 g/mol. The van der Waals surface area contributed by atoms with E-state index >= 15 is 0 Å². The quantitative estimate of drug-likeness (QED) is 0.292. The van der Waals surface area contributed by atoms with E-state index in [1.807, 2.05) is 0 Å². The molecule has 0 aliphatic heterocycles. The van der Waals surface area contributed by atoms with Gasteiger partial charge in [-0.15, -0.1) is 0 Å². The van der Waals surface area contributed by atoms with Gasteiger partial charge in [-0.2, -0.15) is 0 Å². The number of hydrogen-bond donors (Lipinski definition) is 0. The Hall–Kier alpha value is 0.207. The molecule has 0 amide bonds. The maximum Gasteiger partial charge on any atom is 0.343 e. The Morgan fingerprint density at radius 3 is 2.60 bits per heavy atom. The van der Waals surface area contributed by atoms with Crippen molar-refractivity contribution in [3.05, 3.63) is 0 Å². The van der Waals surface area contributed by atoms with Crippen LogP contribution >= 0.6 is 0 Å². The van der Waals surface area contributed by atoms with E-state index in [9.17, 15) is 8.42 Å². The molecule has 0 rings (SSSR count). The first kappa shape index (κ1) is 2.39. The van der Waals surface area contributed by atoms with Crippen LogP contribution in [-0.4, -0.2) is 25.9 Å². The molecule has 5 heavy (non-hydrogen) atoms. The molecule has 0 N–H and O–H groups in total. The maximum absolute atomic E-state index is 11.5. The molecule has 0 fully saturated rings. The number of halogens is 2. The molecule has 1 atom stereocenters. The molecule has 26 valence electrons. The average molecular weight is 91.7 g/mol. The first-order valence-corrected chi connectivity index (χ1v) is 2.52. The molecular formula is H2B2F2Si. The van der Waals surface area contributed by atoms with Gasteiger partial charge < -0.3 is 8.42 Å². The van der Waals surface area contributed by atoms with Gasteiger partial charge in [-0.3, -0.25) is 0 Å². The second-order valence-corrected chi connectivity index (χ2v) is 1.48. The third-order valence-corrected chi connectivity index (χ3v) is 0.313. The highest BCUT2D eigenvalue weighted by molar-refractivity contribution is 7.29. The van der Waals surface area contributed by atoms with Gasteiger partial charge in [0, 0.05) is 2.57 Å². The highest BCUT2D eigenvalue weighted by Crippen LogP contribution is 1.68. The van der Waals surface area contributed by atoms with Gasteiger partial charge in [0.2, 0.25) is 0 Å². The average Bonchev–Trinajstić information content (AvgIpc) is 1.31. The van der Waals surface area contributed by atoms with Crippen LogP contribution in [0.25, 0.3) is 0 Å². The summed E-state index contributed by atoms with van der Waals surface area (Å²) < 4.78 is 34.8. The fourth-order valence-electron chi connectivity index (χ4n) is 0. The van der Waals surface area contributed by atoms with Crippen LogP contribution in [0.1, 0.15) is 0 Å². The topological polar surface area (TPSA) is 0 Å². The van der Waals surface area contributed by atoms with Crippen molar-refractivity contribution in [3.63, 3.8) is 0 Å². The molecule has 5 heteroatoms. The highest BCUT2D eigenvalue weighted by atomic mass is 28.3. The van der Waals surface area contributed by atoms with Gasteiger partial charge in [-0.05, 0) is 0 Å². The van der Waals surface area contributed by atoms with Gasteiger partial charge in [0.15, 0.2) is 8.80 Å². The minimum absolute atomic E-state index is 2.53. The molecule has 1 unspecified atom stereocenters.